The number of nitrogens with one attached hydrogen (secondary N) is 1. The van der Waals surface area contributed by atoms with Crippen molar-refractivity contribution in [2.75, 3.05) is 31.7 Å². The highest BCUT2D eigenvalue weighted by Crippen LogP contribution is 2.35. The van der Waals surface area contributed by atoms with Crippen LogP contribution < -0.4 is 29.7 Å². The van der Waals surface area contributed by atoms with Gasteiger partial charge in [-0.3, -0.25) is 13.9 Å². The van der Waals surface area contributed by atoms with Crippen molar-refractivity contribution in [3.63, 3.8) is 0 Å². The van der Waals surface area contributed by atoms with E-state index in [-0.39, 0.29) is 22.9 Å². The van der Waals surface area contributed by atoms with Gasteiger partial charge in [-0.2, -0.15) is 5.10 Å². The highest BCUT2D eigenvalue weighted by molar-refractivity contribution is 7.92. The Morgan fingerprint density at radius 2 is 1.63 bits per heavy atom. The van der Waals surface area contributed by atoms with Crippen LogP contribution in [0.1, 0.15) is 11.1 Å². The Balaban J connectivity index is 1.82. The third-order valence-electron chi connectivity index (χ3n) is 5.22. The predicted octanol–water partition coefficient (Wildman–Crippen LogP) is 2.22. The predicted molar refractivity (Wildman–Crippen MR) is 142 cm³/mol. The lowest BCUT2D eigenvalue weighted by Crippen LogP contribution is -2.39. The number of hydrogen-bond acceptors (Lipinski definition) is 8. The maximum atomic E-state index is 13.6. The van der Waals surface area contributed by atoms with Crippen LogP contribution in [0.3, 0.4) is 0 Å². The van der Waals surface area contributed by atoms with Gasteiger partial charge in [-0.05, 0) is 61.0 Å². The summed E-state index contributed by atoms with van der Waals surface area (Å²) in [4.78, 5) is 23.6. The summed E-state index contributed by atoms with van der Waals surface area (Å²) in [7, 11) is -1.29. The molecular weight excluding hydrogens is 512 g/mol. The fourth-order valence-electron chi connectivity index (χ4n) is 3.28. The van der Waals surface area contributed by atoms with Gasteiger partial charge in [-0.15, -0.1) is 0 Å². The molecule has 3 aromatic carbocycles. The molecular formula is C26H28N4O7S. The molecule has 0 unspecified atom stereocenters. The lowest BCUT2D eigenvalue weighted by atomic mass is 10.2. The number of nitrogens with zero attached hydrogens (tertiary/aromatic N) is 2. The number of nitrogens with two attached hydrogens (primary N) is 1. The maximum absolute atomic E-state index is 13.6. The standard InChI is InChI=1S/C26H28N4O7S/c1-18-4-11-22(12-5-18)38(33,34)30(23-13-10-21(35-2)14-24(23)36-3)16-26(32)29-28-15-19-6-8-20(9-7-19)37-17-25(27)31/h4-15H,16-17H2,1-3H3,(H2,27,31)(H,29,32)/b28-15-. The van der Waals surface area contributed by atoms with Crippen molar-refractivity contribution in [1.29, 1.82) is 0 Å². The molecule has 200 valence electrons. The minimum Gasteiger partial charge on any atom is -0.497 e. The van der Waals surface area contributed by atoms with Crippen LogP contribution >= 0.6 is 0 Å². The molecule has 38 heavy (non-hydrogen) atoms. The van der Waals surface area contributed by atoms with Crippen molar-refractivity contribution < 1.29 is 32.2 Å². The fourth-order valence-corrected chi connectivity index (χ4v) is 4.71. The molecule has 0 heterocycles. The van der Waals surface area contributed by atoms with E-state index in [9.17, 15) is 18.0 Å². The van der Waals surface area contributed by atoms with E-state index in [4.69, 9.17) is 19.9 Å². The number of methoxy groups -OCH3 is 2. The number of hydrazone groups is 1. The first kappa shape index (κ1) is 28.0. The van der Waals surface area contributed by atoms with E-state index in [1.54, 1.807) is 42.5 Å². The third-order valence-corrected chi connectivity index (χ3v) is 6.99. The number of primary amides is 1. The highest BCUT2D eigenvalue weighted by atomic mass is 32.2. The zero-order chi connectivity index (χ0) is 27.7. The Labute approximate surface area is 220 Å². The molecule has 3 N–H and O–H groups in total. The Kier molecular flexibility index (Phi) is 9.28. The summed E-state index contributed by atoms with van der Waals surface area (Å²) in [6.45, 7) is 1.02. The third kappa shape index (κ3) is 7.23. The second kappa shape index (κ2) is 12.6. The van der Waals surface area contributed by atoms with Crippen LogP contribution in [0.25, 0.3) is 0 Å². The molecule has 0 spiro atoms. The van der Waals surface area contributed by atoms with Crippen LogP contribution in [0.5, 0.6) is 17.2 Å². The zero-order valence-electron chi connectivity index (χ0n) is 21.1. The number of sulfonamides is 1. The second-order valence-corrected chi connectivity index (χ2v) is 9.84. The van der Waals surface area contributed by atoms with Crippen molar-refractivity contribution in [2.24, 2.45) is 10.8 Å². The van der Waals surface area contributed by atoms with Crippen molar-refractivity contribution in [2.45, 2.75) is 11.8 Å². The monoisotopic (exact) mass is 540 g/mol. The number of carbonyl (C=O) groups excluding carboxylic acids is 2. The summed E-state index contributed by atoms with van der Waals surface area (Å²) >= 11 is 0. The van der Waals surface area contributed by atoms with Crippen LogP contribution in [0.4, 0.5) is 5.69 Å². The van der Waals surface area contributed by atoms with Crippen molar-refractivity contribution in [1.82, 2.24) is 5.43 Å². The summed E-state index contributed by atoms with van der Waals surface area (Å²) < 4.78 is 44.0. The highest BCUT2D eigenvalue weighted by Gasteiger charge is 2.29. The van der Waals surface area contributed by atoms with Gasteiger partial charge in [0.25, 0.3) is 21.8 Å². The van der Waals surface area contributed by atoms with Gasteiger partial charge < -0.3 is 19.9 Å². The van der Waals surface area contributed by atoms with Crippen molar-refractivity contribution in [3.8, 4) is 17.2 Å². The number of rotatable bonds is 12. The molecule has 2 amide bonds. The molecule has 0 radical (unpaired) electrons. The topological polar surface area (TPSA) is 150 Å². The first-order chi connectivity index (χ1) is 18.1. The number of anilines is 1. The molecule has 0 saturated carbocycles. The van der Waals surface area contributed by atoms with E-state index < -0.39 is 28.4 Å². The van der Waals surface area contributed by atoms with Crippen LogP contribution in [0.15, 0.2) is 76.7 Å². The van der Waals surface area contributed by atoms with E-state index in [0.29, 0.717) is 17.1 Å². The van der Waals surface area contributed by atoms with Gasteiger partial charge in [-0.25, -0.2) is 13.8 Å². The molecule has 0 fully saturated rings. The molecule has 0 aromatic heterocycles. The number of carbonyl (C=O) groups is 2. The number of ether oxygens (including phenoxy) is 3. The summed E-state index contributed by atoms with van der Waals surface area (Å²) in [6, 6.07) is 17.4. The lowest BCUT2D eigenvalue weighted by molar-refractivity contribution is -0.120. The summed E-state index contributed by atoms with van der Waals surface area (Å²) in [5.41, 5.74) is 9.06. The zero-order valence-corrected chi connectivity index (χ0v) is 21.9. The molecule has 0 aliphatic heterocycles. The van der Waals surface area contributed by atoms with E-state index in [1.165, 1.54) is 44.7 Å². The largest absolute Gasteiger partial charge is 0.497 e. The number of hydrogen-bond donors (Lipinski definition) is 2. The molecule has 0 saturated heterocycles. The Morgan fingerprint density at radius 3 is 2.24 bits per heavy atom. The van der Waals surface area contributed by atoms with Gasteiger partial charge in [0.1, 0.15) is 23.8 Å². The average molecular weight is 541 g/mol. The number of benzene rings is 3. The van der Waals surface area contributed by atoms with Crippen LogP contribution in [0.2, 0.25) is 0 Å². The number of amides is 2. The first-order valence-electron chi connectivity index (χ1n) is 11.3. The SMILES string of the molecule is COc1ccc(N(CC(=O)N/N=C\c2ccc(OCC(N)=O)cc2)S(=O)(=O)c2ccc(C)cc2)c(OC)c1. The van der Waals surface area contributed by atoms with Crippen LogP contribution in [0, 0.1) is 6.92 Å². The van der Waals surface area contributed by atoms with Crippen molar-refractivity contribution in [3.05, 3.63) is 77.9 Å². The second-order valence-electron chi connectivity index (χ2n) is 7.98. The van der Waals surface area contributed by atoms with Crippen LogP contribution in [-0.4, -0.2) is 53.8 Å². The number of aryl methyl sites for hydroxylation is 1. The summed E-state index contributed by atoms with van der Waals surface area (Å²) in [5, 5.41) is 3.92. The van der Waals surface area contributed by atoms with E-state index in [0.717, 1.165) is 9.87 Å². The van der Waals surface area contributed by atoms with Gasteiger partial charge in [0.05, 0.1) is 31.0 Å². The normalized spacial score (nSPS) is 11.1. The smallest absolute Gasteiger partial charge is 0.264 e. The Morgan fingerprint density at radius 1 is 0.974 bits per heavy atom. The van der Waals surface area contributed by atoms with Gasteiger partial charge in [-0.1, -0.05) is 17.7 Å². The minimum absolute atomic E-state index is 0.0101. The van der Waals surface area contributed by atoms with Crippen LogP contribution in [-0.2, 0) is 19.6 Å². The van der Waals surface area contributed by atoms with E-state index in [1.807, 2.05) is 6.92 Å². The molecule has 0 bridgehead atoms. The molecule has 0 aliphatic rings. The lowest BCUT2D eigenvalue weighted by Gasteiger charge is -2.25. The first-order valence-corrected chi connectivity index (χ1v) is 12.7. The molecule has 3 rings (SSSR count). The summed E-state index contributed by atoms with van der Waals surface area (Å²) in [5.74, 6) is -0.177. The quantitative estimate of drug-likeness (QED) is 0.264. The minimum atomic E-state index is -4.16. The molecule has 0 aliphatic carbocycles. The summed E-state index contributed by atoms with van der Waals surface area (Å²) in [6.07, 6.45) is 1.38. The molecule has 11 nitrogen and oxygen atoms in total. The molecule has 12 heteroatoms. The average Bonchev–Trinajstić information content (AvgIpc) is 2.91. The van der Waals surface area contributed by atoms with Gasteiger partial charge in [0.2, 0.25) is 0 Å². The van der Waals surface area contributed by atoms with E-state index >= 15 is 0 Å². The fraction of sp³-hybridized carbons (Fsp3) is 0.192. The van der Waals surface area contributed by atoms with Gasteiger partial charge >= 0.3 is 0 Å². The maximum Gasteiger partial charge on any atom is 0.264 e. The van der Waals surface area contributed by atoms with E-state index in [2.05, 4.69) is 10.5 Å². The molecule has 3 aromatic rings. The molecule has 0 atom stereocenters. The van der Waals surface area contributed by atoms with Gasteiger partial charge in [0.15, 0.2) is 6.61 Å². The van der Waals surface area contributed by atoms with Gasteiger partial charge in [0, 0.05) is 6.07 Å². The Bertz CT molecular complexity index is 1410. The van der Waals surface area contributed by atoms with Crippen molar-refractivity contribution >= 4 is 33.7 Å². The Hall–Kier alpha value is -4.58.